The number of nitrogens with two attached hydrogens (primary N) is 1. The lowest BCUT2D eigenvalue weighted by Gasteiger charge is -2.15. The summed E-state index contributed by atoms with van der Waals surface area (Å²) in [6.45, 7) is 2.19. The number of hydrogen-bond donors (Lipinski definition) is 3. The second-order valence-corrected chi connectivity index (χ2v) is 3.05. The lowest BCUT2D eigenvalue weighted by Crippen LogP contribution is -2.22. The minimum atomic E-state index is 0. The molecule has 5 heteroatoms. The van der Waals surface area contributed by atoms with Crippen LogP contribution in [0.1, 0.15) is 13.3 Å². The van der Waals surface area contributed by atoms with Gasteiger partial charge >= 0.3 is 0 Å². The molecule has 0 bridgehead atoms. The zero-order valence-electron chi connectivity index (χ0n) is 8.64. The number of rotatable bonds is 4. The van der Waals surface area contributed by atoms with Crippen LogP contribution in [-0.4, -0.2) is 17.8 Å². The summed E-state index contributed by atoms with van der Waals surface area (Å²) in [7, 11) is 0. The Labute approximate surface area is 103 Å². The summed E-state index contributed by atoms with van der Waals surface area (Å²) in [4.78, 5) is 0. The molecule has 0 aliphatic rings. The van der Waals surface area contributed by atoms with Gasteiger partial charge in [0.15, 0.2) is 0 Å². The Morgan fingerprint density at radius 1 is 1.27 bits per heavy atom. The summed E-state index contributed by atoms with van der Waals surface area (Å²) in [6.07, 6.45) is 0.904. The van der Waals surface area contributed by atoms with Crippen LogP contribution in [0.5, 0.6) is 0 Å². The highest BCUT2D eigenvalue weighted by atomic mass is 35.5. The first-order chi connectivity index (χ1) is 6.26. The minimum Gasteiger partial charge on any atom is -0.399 e. The zero-order valence-corrected chi connectivity index (χ0v) is 10.3. The van der Waals surface area contributed by atoms with Crippen molar-refractivity contribution in [2.45, 2.75) is 19.4 Å². The average Bonchev–Trinajstić information content (AvgIpc) is 2.17. The Kier molecular flexibility index (Phi) is 9.68. The number of aliphatic hydroxyl groups excluding tert-OH is 1. The molecule has 1 aromatic rings. The van der Waals surface area contributed by atoms with Gasteiger partial charge in [-0.15, -0.1) is 24.8 Å². The fourth-order valence-corrected chi connectivity index (χ4v) is 1.09. The predicted octanol–water partition coefficient (Wildman–Crippen LogP) is 2.30. The third kappa shape index (κ3) is 5.72. The van der Waals surface area contributed by atoms with E-state index in [1.165, 1.54) is 0 Å². The van der Waals surface area contributed by atoms with Crippen LogP contribution in [0, 0.1) is 0 Å². The molecule has 1 atom stereocenters. The Balaban J connectivity index is 0. The topological polar surface area (TPSA) is 58.3 Å². The normalized spacial score (nSPS) is 10.8. The van der Waals surface area contributed by atoms with Crippen LogP contribution in [0.15, 0.2) is 24.3 Å². The van der Waals surface area contributed by atoms with E-state index in [0.29, 0.717) is 0 Å². The SMILES string of the molecule is CCC(CO)Nc1ccc(N)cc1.Cl.Cl. The van der Waals surface area contributed by atoms with Crippen LogP contribution in [0.2, 0.25) is 0 Å². The van der Waals surface area contributed by atoms with Gasteiger partial charge in [0.05, 0.1) is 6.61 Å². The lowest BCUT2D eigenvalue weighted by atomic mass is 10.2. The van der Waals surface area contributed by atoms with Gasteiger partial charge in [0, 0.05) is 17.4 Å². The maximum atomic E-state index is 8.95. The van der Waals surface area contributed by atoms with E-state index >= 15 is 0 Å². The van der Waals surface area contributed by atoms with Crippen LogP contribution < -0.4 is 11.1 Å². The Morgan fingerprint density at radius 3 is 2.20 bits per heavy atom. The molecule has 1 unspecified atom stereocenters. The summed E-state index contributed by atoms with van der Waals surface area (Å²) in [5, 5.41) is 12.2. The zero-order chi connectivity index (χ0) is 9.68. The molecule has 0 fully saturated rings. The molecule has 0 heterocycles. The molecule has 0 spiro atoms. The molecule has 0 saturated heterocycles. The molecule has 1 rings (SSSR count). The van der Waals surface area contributed by atoms with E-state index < -0.39 is 0 Å². The first-order valence-corrected chi connectivity index (χ1v) is 4.49. The fraction of sp³-hybridized carbons (Fsp3) is 0.400. The monoisotopic (exact) mass is 252 g/mol. The standard InChI is InChI=1S/C10H16N2O.2ClH/c1-2-9(7-13)12-10-5-3-8(11)4-6-10;;/h3-6,9,12-13H,2,7,11H2,1H3;2*1H. The molecular formula is C10H18Cl2N2O. The van der Waals surface area contributed by atoms with Crippen LogP contribution in [0.4, 0.5) is 11.4 Å². The van der Waals surface area contributed by atoms with E-state index in [2.05, 4.69) is 5.32 Å². The summed E-state index contributed by atoms with van der Waals surface area (Å²) in [5.41, 5.74) is 7.29. The van der Waals surface area contributed by atoms with Crippen LogP contribution >= 0.6 is 24.8 Å². The predicted molar refractivity (Wildman–Crippen MR) is 70.1 cm³/mol. The molecule has 15 heavy (non-hydrogen) atoms. The summed E-state index contributed by atoms with van der Waals surface area (Å²) >= 11 is 0. The Bertz CT molecular complexity index is 250. The smallest absolute Gasteiger partial charge is 0.0632 e. The quantitative estimate of drug-likeness (QED) is 0.721. The Morgan fingerprint density at radius 2 is 1.80 bits per heavy atom. The van der Waals surface area contributed by atoms with Gasteiger partial charge in [-0.25, -0.2) is 0 Å². The first-order valence-electron chi connectivity index (χ1n) is 4.49. The van der Waals surface area contributed by atoms with Crippen LogP contribution in [0.3, 0.4) is 0 Å². The summed E-state index contributed by atoms with van der Waals surface area (Å²) < 4.78 is 0. The summed E-state index contributed by atoms with van der Waals surface area (Å²) in [5.74, 6) is 0. The molecule has 0 amide bonds. The van der Waals surface area contributed by atoms with E-state index in [9.17, 15) is 0 Å². The minimum absolute atomic E-state index is 0. The molecule has 1 aromatic carbocycles. The van der Waals surface area contributed by atoms with Crippen LogP contribution in [0.25, 0.3) is 0 Å². The van der Waals surface area contributed by atoms with Crippen molar-refractivity contribution >= 4 is 36.2 Å². The second kappa shape index (κ2) is 8.65. The van der Waals surface area contributed by atoms with Crippen molar-refractivity contribution in [2.24, 2.45) is 0 Å². The van der Waals surface area contributed by atoms with E-state index in [0.717, 1.165) is 17.8 Å². The van der Waals surface area contributed by atoms with Gasteiger partial charge in [-0.2, -0.15) is 0 Å². The lowest BCUT2D eigenvalue weighted by molar-refractivity contribution is 0.272. The molecule has 0 radical (unpaired) electrons. The first kappa shape index (κ1) is 16.8. The molecule has 3 nitrogen and oxygen atoms in total. The number of benzene rings is 1. The van der Waals surface area contributed by atoms with Gasteiger partial charge in [0.2, 0.25) is 0 Å². The maximum Gasteiger partial charge on any atom is 0.0632 e. The van der Waals surface area contributed by atoms with Gasteiger partial charge in [0.1, 0.15) is 0 Å². The maximum absolute atomic E-state index is 8.95. The van der Waals surface area contributed by atoms with Gasteiger partial charge in [-0.1, -0.05) is 6.92 Å². The average molecular weight is 253 g/mol. The van der Waals surface area contributed by atoms with Crippen molar-refractivity contribution in [3.8, 4) is 0 Å². The van der Waals surface area contributed by atoms with E-state index in [-0.39, 0.29) is 37.5 Å². The number of aliphatic hydroxyl groups is 1. The number of nitrogen functional groups attached to an aromatic ring is 1. The largest absolute Gasteiger partial charge is 0.399 e. The number of anilines is 2. The second-order valence-electron chi connectivity index (χ2n) is 3.05. The van der Waals surface area contributed by atoms with Gasteiger partial charge in [0.25, 0.3) is 0 Å². The van der Waals surface area contributed by atoms with Crippen molar-refractivity contribution in [3.63, 3.8) is 0 Å². The highest BCUT2D eigenvalue weighted by molar-refractivity contribution is 5.85. The third-order valence-electron chi connectivity index (χ3n) is 1.99. The van der Waals surface area contributed by atoms with Crippen LogP contribution in [-0.2, 0) is 0 Å². The molecular weight excluding hydrogens is 235 g/mol. The van der Waals surface area contributed by atoms with Crippen molar-refractivity contribution in [1.82, 2.24) is 0 Å². The Hall–Kier alpha value is -0.640. The van der Waals surface area contributed by atoms with Gasteiger partial charge in [-0.05, 0) is 30.7 Å². The number of hydrogen-bond acceptors (Lipinski definition) is 3. The fourth-order valence-electron chi connectivity index (χ4n) is 1.09. The van der Waals surface area contributed by atoms with E-state index in [4.69, 9.17) is 10.8 Å². The number of nitrogens with one attached hydrogen (secondary N) is 1. The number of halogens is 2. The van der Waals surface area contributed by atoms with Crippen molar-refractivity contribution in [2.75, 3.05) is 17.7 Å². The van der Waals surface area contributed by atoms with Gasteiger partial charge < -0.3 is 16.2 Å². The highest BCUT2D eigenvalue weighted by Crippen LogP contribution is 2.12. The van der Waals surface area contributed by atoms with Crippen molar-refractivity contribution < 1.29 is 5.11 Å². The molecule has 0 aliphatic carbocycles. The van der Waals surface area contributed by atoms with E-state index in [1.807, 2.05) is 31.2 Å². The molecule has 0 saturated carbocycles. The molecule has 0 aliphatic heterocycles. The molecule has 88 valence electrons. The van der Waals surface area contributed by atoms with E-state index in [1.54, 1.807) is 0 Å². The summed E-state index contributed by atoms with van der Waals surface area (Å²) in [6, 6.07) is 7.63. The highest BCUT2D eigenvalue weighted by Gasteiger charge is 2.02. The molecule has 0 aromatic heterocycles. The van der Waals surface area contributed by atoms with Gasteiger partial charge in [-0.3, -0.25) is 0 Å². The van der Waals surface area contributed by atoms with Crippen molar-refractivity contribution in [3.05, 3.63) is 24.3 Å². The third-order valence-corrected chi connectivity index (χ3v) is 1.99. The van der Waals surface area contributed by atoms with Crippen molar-refractivity contribution in [1.29, 1.82) is 0 Å². The molecule has 4 N–H and O–H groups in total.